The molecule has 18 heavy (non-hydrogen) atoms. The predicted molar refractivity (Wildman–Crippen MR) is 76.5 cm³/mol. The van der Waals surface area contributed by atoms with Crippen LogP contribution in [-0.2, 0) is 23.5 Å². The van der Waals surface area contributed by atoms with E-state index in [0.717, 1.165) is 6.42 Å². The van der Waals surface area contributed by atoms with Gasteiger partial charge in [0, 0.05) is 6.42 Å². The van der Waals surface area contributed by atoms with Gasteiger partial charge in [0.25, 0.3) is 0 Å². The first kappa shape index (κ1) is 18.5. The van der Waals surface area contributed by atoms with Crippen molar-refractivity contribution in [1.29, 1.82) is 0 Å². The molecule has 0 aliphatic carbocycles. The van der Waals surface area contributed by atoms with E-state index < -0.39 is 22.6 Å². The van der Waals surface area contributed by atoms with Gasteiger partial charge in [0.15, 0.2) is 0 Å². The Labute approximate surface area is 128 Å². The van der Waals surface area contributed by atoms with Gasteiger partial charge in [-0.25, -0.2) is 0 Å². The van der Waals surface area contributed by atoms with Gasteiger partial charge in [-0.1, -0.05) is 58.0 Å². The van der Waals surface area contributed by atoms with Crippen molar-refractivity contribution in [2.75, 3.05) is 0 Å². The first-order valence-electron chi connectivity index (χ1n) is 6.11. The minimum absolute atomic E-state index is 0.276. The zero-order chi connectivity index (χ0) is 14.2. The molecule has 0 aliphatic heterocycles. The summed E-state index contributed by atoms with van der Waals surface area (Å²) in [7, 11) is 9.78. The molecule has 0 saturated heterocycles. The zero-order valence-electron chi connectivity index (χ0n) is 11.5. The fourth-order valence-electron chi connectivity index (χ4n) is 2.00. The molecule has 1 rings (SSSR count). The molecule has 0 heterocycles. The molecule has 1 aromatic rings. The van der Waals surface area contributed by atoms with Crippen LogP contribution in [0.3, 0.4) is 0 Å². The Morgan fingerprint density at radius 1 is 1.06 bits per heavy atom. The Morgan fingerprint density at radius 2 is 1.44 bits per heavy atom. The summed E-state index contributed by atoms with van der Waals surface area (Å²) in [6.45, 7) is 8.35. The van der Waals surface area contributed by atoms with Crippen molar-refractivity contribution in [3.05, 3.63) is 35.9 Å². The molecule has 0 fully saturated rings. The monoisotopic (exact) mass is 324 g/mol. The van der Waals surface area contributed by atoms with Crippen LogP contribution in [0.15, 0.2) is 30.3 Å². The van der Waals surface area contributed by atoms with Gasteiger partial charge < -0.3 is 5.11 Å². The third-order valence-electron chi connectivity index (χ3n) is 3.33. The Morgan fingerprint density at radius 3 is 1.78 bits per heavy atom. The molecule has 0 saturated carbocycles. The summed E-state index contributed by atoms with van der Waals surface area (Å²) in [4.78, 5) is 0. The van der Waals surface area contributed by atoms with Crippen molar-refractivity contribution in [2.45, 2.75) is 39.7 Å². The number of hydrogen-bond acceptors (Lipinski definition) is 1. The Balaban J connectivity index is 0.000000873. The third kappa shape index (κ3) is 6.08. The fourth-order valence-corrected chi connectivity index (χ4v) is 2.00. The number of rotatable bonds is 4. The van der Waals surface area contributed by atoms with Crippen LogP contribution < -0.4 is 0 Å². The number of benzene rings is 1. The molecule has 1 nitrogen and oxygen atoms in total. The second-order valence-corrected chi connectivity index (χ2v) is 7.61. The molecule has 0 aliphatic rings. The van der Waals surface area contributed by atoms with E-state index in [9.17, 15) is 5.11 Å². The summed E-state index contributed by atoms with van der Waals surface area (Å²) in [5.74, 6) is 0.551. The summed E-state index contributed by atoms with van der Waals surface area (Å²) < 4.78 is 0. The molecule has 0 unspecified atom stereocenters. The molecular formula is C14H22Cl2OTi. The molecule has 0 spiro atoms. The Hall–Kier alpha value is 0.474. The normalized spacial score (nSPS) is 11.2. The molecule has 0 aromatic heterocycles. The van der Waals surface area contributed by atoms with Crippen molar-refractivity contribution in [3.8, 4) is 0 Å². The summed E-state index contributed by atoms with van der Waals surface area (Å²) in [5.41, 5.74) is 0.615. The van der Waals surface area contributed by atoms with Crippen LogP contribution in [0.1, 0.15) is 33.3 Å². The van der Waals surface area contributed by atoms with Gasteiger partial charge in [0.1, 0.15) is 0 Å². The van der Waals surface area contributed by atoms with Crippen molar-refractivity contribution in [3.63, 3.8) is 0 Å². The number of halogens is 2. The summed E-state index contributed by atoms with van der Waals surface area (Å²) in [6.07, 6.45) is 0.739. The zero-order valence-corrected chi connectivity index (χ0v) is 14.5. The number of hydrogen-bond donors (Lipinski definition) is 1. The van der Waals surface area contributed by atoms with Crippen molar-refractivity contribution >= 4 is 18.6 Å². The van der Waals surface area contributed by atoms with Crippen LogP contribution in [0, 0.1) is 11.8 Å². The van der Waals surface area contributed by atoms with E-state index in [2.05, 4.69) is 39.8 Å². The maximum atomic E-state index is 10.6. The van der Waals surface area contributed by atoms with Crippen molar-refractivity contribution in [1.82, 2.24) is 0 Å². The average Bonchev–Trinajstić information content (AvgIpc) is 2.30. The van der Waals surface area contributed by atoms with Crippen LogP contribution in [0.4, 0.5) is 0 Å². The molecule has 1 N–H and O–H groups in total. The predicted octanol–water partition coefficient (Wildman–Crippen LogP) is 4.65. The molecule has 0 atom stereocenters. The topological polar surface area (TPSA) is 20.2 Å². The van der Waals surface area contributed by atoms with Gasteiger partial charge in [-0.05, 0) is 17.4 Å². The van der Waals surface area contributed by atoms with Crippen LogP contribution >= 0.6 is 18.6 Å². The minimum atomic E-state index is -0.596. The molecular weight excluding hydrogens is 303 g/mol. The first-order chi connectivity index (χ1) is 8.38. The Bertz CT molecular complexity index is 307. The summed E-state index contributed by atoms with van der Waals surface area (Å²) >= 11 is -0.556. The van der Waals surface area contributed by atoms with Crippen LogP contribution in [-0.4, -0.2) is 10.7 Å². The van der Waals surface area contributed by atoms with Crippen molar-refractivity contribution < 1.29 is 22.1 Å². The number of aliphatic hydroxyl groups is 1. The molecule has 1 aromatic carbocycles. The van der Waals surface area contributed by atoms with Gasteiger partial charge in [0.2, 0.25) is 0 Å². The van der Waals surface area contributed by atoms with E-state index >= 15 is 0 Å². The second kappa shape index (κ2) is 9.39. The van der Waals surface area contributed by atoms with Crippen LogP contribution in [0.2, 0.25) is 0 Å². The van der Waals surface area contributed by atoms with Gasteiger partial charge in [-0.15, -0.1) is 0 Å². The average molecular weight is 325 g/mol. The third-order valence-corrected chi connectivity index (χ3v) is 3.33. The van der Waals surface area contributed by atoms with E-state index in [1.165, 1.54) is 5.56 Å². The maximum absolute atomic E-state index is 10.6. The standard InChI is InChI=1S/C14H22O.2ClH.Ti/c1-11(2)14(15,12(3)4)10-13-8-6-5-7-9-13;;;/h5-9,11-12,15H,10H2,1-4H3;2*1H;/q;;;+2/p-2. The van der Waals surface area contributed by atoms with Gasteiger partial charge >= 0.3 is 35.6 Å². The summed E-state index contributed by atoms with van der Waals surface area (Å²) in [5, 5.41) is 10.6. The van der Waals surface area contributed by atoms with Crippen LogP contribution in [0.5, 0.6) is 0 Å². The van der Waals surface area contributed by atoms with Crippen LogP contribution in [0.25, 0.3) is 0 Å². The van der Waals surface area contributed by atoms with Crippen molar-refractivity contribution in [2.24, 2.45) is 11.8 Å². The Kier molecular flexibility index (Phi) is 9.64. The van der Waals surface area contributed by atoms with E-state index in [0.29, 0.717) is 0 Å². The van der Waals surface area contributed by atoms with Gasteiger partial charge in [-0.3, -0.25) is 0 Å². The molecule has 102 valence electrons. The van der Waals surface area contributed by atoms with E-state index in [1.807, 2.05) is 18.2 Å². The molecule has 0 bridgehead atoms. The van der Waals surface area contributed by atoms with E-state index in [-0.39, 0.29) is 11.8 Å². The van der Waals surface area contributed by atoms with Gasteiger partial charge in [0.05, 0.1) is 5.60 Å². The van der Waals surface area contributed by atoms with Gasteiger partial charge in [-0.2, -0.15) is 0 Å². The second-order valence-electron chi connectivity index (χ2n) is 5.03. The molecule has 0 amide bonds. The summed E-state index contributed by atoms with van der Waals surface area (Å²) in [6, 6.07) is 10.2. The molecule has 0 radical (unpaired) electrons. The van der Waals surface area contributed by atoms with E-state index in [1.54, 1.807) is 0 Å². The van der Waals surface area contributed by atoms with E-state index in [4.69, 9.17) is 18.6 Å². The quantitative estimate of drug-likeness (QED) is 0.799. The fraction of sp³-hybridized carbons (Fsp3) is 0.571. The molecule has 4 heteroatoms. The SMILES string of the molecule is CC(C)C(O)(Cc1ccccc1)C(C)C.[Cl][Ti][Cl]. The first-order valence-corrected chi connectivity index (χ1v) is 10.4.